The Hall–Kier alpha value is -2.45. The fourth-order valence-corrected chi connectivity index (χ4v) is 4.14. The number of hydrogen-bond acceptors (Lipinski definition) is 1. The van der Waals surface area contributed by atoms with Gasteiger partial charge < -0.3 is 0 Å². The second kappa shape index (κ2) is 5.29. The summed E-state index contributed by atoms with van der Waals surface area (Å²) >= 11 is 3.70. The molecule has 0 spiro atoms. The lowest BCUT2D eigenvalue weighted by Gasteiger charge is -2.20. The van der Waals surface area contributed by atoms with Crippen molar-refractivity contribution in [2.45, 2.75) is 5.92 Å². The number of halogens is 1. The first-order valence-electron chi connectivity index (χ1n) is 8.07. The van der Waals surface area contributed by atoms with Crippen LogP contribution in [0, 0.1) is 0 Å². The van der Waals surface area contributed by atoms with Gasteiger partial charge in [-0.1, -0.05) is 72.8 Å². The third-order valence-electron chi connectivity index (χ3n) is 4.80. The lowest BCUT2D eigenvalue weighted by Crippen LogP contribution is -2.25. The minimum atomic E-state index is 0.244. The van der Waals surface area contributed by atoms with Gasteiger partial charge in [-0.25, -0.2) is 4.99 Å². The van der Waals surface area contributed by atoms with Gasteiger partial charge >= 0.3 is 0 Å². The van der Waals surface area contributed by atoms with E-state index in [9.17, 15) is 0 Å². The molecule has 3 aromatic rings. The molecule has 0 saturated carbocycles. The van der Waals surface area contributed by atoms with Crippen LogP contribution in [0.2, 0.25) is 0 Å². The summed E-state index contributed by atoms with van der Waals surface area (Å²) in [6, 6.07) is 23.5. The summed E-state index contributed by atoms with van der Waals surface area (Å²) in [5.74, 6) is 0.244. The van der Waals surface area contributed by atoms with Gasteiger partial charge in [-0.05, 0) is 38.5 Å². The van der Waals surface area contributed by atoms with Crippen LogP contribution in [0.3, 0.4) is 0 Å². The number of hydrogen-bond donors (Lipinski definition) is 0. The zero-order chi connectivity index (χ0) is 16.1. The minimum Gasteiger partial charge on any atom is -0.246 e. The Labute approximate surface area is 148 Å². The van der Waals surface area contributed by atoms with Gasteiger partial charge in [0.05, 0.1) is 11.1 Å². The molecular formula is C22H14BrN. The molecule has 0 fully saturated rings. The van der Waals surface area contributed by atoms with Gasteiger partial charge in [0.2, 0.25) is 0 Å². The molecule has 0 N–H and O–H groups in total. The predicted molar refractivity (Wildman–Crippen MR) is 102 cm³/mol. The van der Waals surface area contributed by atoms with Crippen molar-refractivity contribution >= 4 is 32.3 Å². The van der Waals surface area contributed by atoms with E-state index in [-0.39, 0.29) is 5.92 Å². The minimum absolute atomic E-state index is 0.244. The van der Waals surface area contributed by atoms with E-state index >= 15 is 0 Å². The van der Waals surface area contributed by atoms with E-state index in [2.05, 4.69) is 94.8 Å². The van der Waals surface area contributed by atoms with Gasteiger partial charge in [0.15, 0.2) is 0 Å². The number of benzene rings is 3. The van der Waals surface area contributed by atoms with Crippen molar-refractivity contribution in [2.75, 3.05) is 0 Å². The highest BCUT2D eigenvalue weighted by Gasteiger charge is 2.27. The molecule has 2 heteroatoms. The van der Waals surface area contributed by atoms with Gasteiger partial charge in [0.1, 0.15) is 0 Å². The molecule has 1 aliphatic heterocycles. The van der Waals surface area contributed by atoms with Crippen LogP contribution in [-0.4, -0.2) is 0 Å². The fourth-order valence-electron chi connectivity index (χ4n) is 3.68. The van der Waals surface area contributed by atoms with Gasteiger partial charge in [-0.2, -0.15) is 0 Å². The Morgan fingerprint density at radius 3 is 2.50 bits per heavy atom. The van der Waals surface area contributed by atoms with Crippen molar-refractivity contribution in [3.05, 3.63) is 105 Å². The quantitative estimate of drug-likeness (QED) is 0.593. The summed E-state index contributed by atoms with van der Waals surface area (Å²) in [7, 11) is 0. The zero-order valence-electron chi connectivity index (χ0n) is 12.9. The highest BCUT2D eigenvalue weighted by atomic mass is 79.9. The van der Waals surface area contributed by atoms with Crippen LogP contribution in [-0.2, 0) is 0 Å². The molecule has 24 heavy (non-hydrogen) atoms. The monoisotopic (exact) mass is 371 g/mol. The number of nitrogens with zero attached hydrogens (tertiary/aromatic N) is 1. The molecule has 0 amide bonds. The van der Waals surface area contributed by atoms with Crippen LogP contribution in [0.5, 0.6) is 0 Å². The van der Waals surface area contributed by atoms with E-state index in [0.29, 0.717) is 0 Å². The topological polar surface area (TPSA) is 12.4 Å². The van der Waals surface area contributed by atoms with Crippen molar-refractivity contribution in [1.29, 1.82) is 0 Å². The maximum atomic E-state index is 5.00. The van der Waals surface area contributed by atoms with Crippen LogP contribution in [0.15, 0.2) is 94.1 Å². The molecule has 1 atom stereocenters. The third-order valence-corrected chi connectivity index (χ3v) is 5.44. The molecule has 5 rings (SSSR count). The Balaban J connectivity index is 1.89. The summed E-state index contributed by atoms with van der Waals surface area (Å²) < 4.78 is 1.06. The van der Waals surface area contributed by atoms with Crippen molar-refractivity contribution in [3.8, 4) is 0 Å². The van der Waals surface area contributed by atoms with Crippen molar-refractivity contribution in [1.82, 2.24) is 0 Å². The molecule has 2 aliphatic rings. The van der Waals surface area contributed by atoms with E-state index in [1.54, 1.807) is 0 Å². The summed E-state index contributed by atoms with van der Waals surface area (Å²) in [5, 5.41) is 4.80. The van der Waals surface area contributed by atoms with E-state index in [0.717, 1.165) is 15.5 Å². The molecule has 114 valence electrons. The van der Waals surface area contributed by atoms with Crippen LogP contribution in [0.1, 0.15) is 11.5 Å². The van der Waals surface area contributed by atoms with Gasteiger partial charge in [0.25, 0.3) is 0 Å². The largest absolute Gasteiger partial charge is 0.246 e. The highest BCUT2D eigenvalue weighted by molar-refractivity contribution is 9.11. The molecule has 3 aromatic carbocycles. The van der Waals surface area contributed by atoms with Crippen LogP contribution in [0.4, 0.5) is 0 Å². The lowest BCUT2D eigenvalue weighted by molar-refractivity contribution is 1.07. The Morgan fingerprint density at radius 1 is 0.833 bits per heavy atom. The first-order valence-corrected chi connectivity index (χ1v) is 8.86. The first kappa shape index (κ1) is 13.9. The van der Waals surface area contributed by atoms with Crippen molar-refractivity contribution in [2.24, 2.45) is 4.99 Å². The average Bonchev–Trinajstić information content (AvgIpc) is 3.04. The number of fused-ring (bicyclic) bond motifs is 4. The third kappa shape index (κ3) is 1.96. The molecule has 0 bridgehead atoms. The summed E-state index contributed by atoms with van der Waals surface area (Å²) in [6.07, 6.45) is 4.39. The molecule has 1 nitrogen and oxygen atoms in total. The molecule has 0 saturated heterocycles. The average molecular weight is 372 g/mol. The number of allylic oxidation sites excluding steroid dienone is 4. The second-order valence-electron chi connectivity index (χ2n) is 6.15. The lowest BCUT2D eigenvalue weighted by atomic mass is 9.85. The zero-order valence-corrected chi connectivity index (χ0v) is 14.5. The normalized spacial score (nSPS) is 18.5. The number of rotatable bonds is 1. The predicted octanol–water partition coefficient (Wildman–Crippen LogP) is 4.58. The van der Waals surface area contributed by atoms with E-state index in [1.165, 1.54) is 27.1 Å². The SMILES string of the molecule is BrC1=C2N=c3c(ccc4ccccc34)=C2C(c2ccccc2)C=C1. The maximum absolute atomic E-state index is 5.00. The van der Waals surface area contributed by atoms with Crippen molar-refractivity contribution in [3.63, 3.8) is 0 Å². The summed E-state index contributed by atoms with van der Waals surface area (Å²) in [5.41, 5.74) is 3.67. The smallest absolute Gasteiger partial charge is 0.0827 e. The van der Waals surface area contributed by atoms with E-state index in [4.69, 9.17) is 4.99 Å². The van der Waals surface area contributed by atoms with Gasteiger partial charge in [-0.15, -0.1) is 0 Å². The maximum Gasteiger partial charge on any atom is 0.0827 e. The second-order valence-corrected chi connectivity index (χ2v) is 7.01. The Bertz CT molecular complexity index is 1150. The molecule has 1 heterocycles. The summed E-state index contributed by atoms with van der Waals surface area (Å²) in [4.78, 5) is 5.00. The molecule has 1 unspecified atom stereocenters. The molecular weight excluding hydrogens is 358 g/mol. The molecule has 1 aliphatic carbocycles. The Morgan fingerprint density at radius 2 is 1.62 bits per heavy atom. The first-order chi connectivity index (χ1) is 11.8. The van der Waals surface area contributed by atoms with Crippen molar-refractivity contribution < 1.29 is 0 Å². The van der Waals surface area contributed by atoms with Crippen LogP contribution < -0.4 is 10.6 Å². The Kier molecular flexibility index (Phi) is 3.07. The standard InChI is InChI=1S/C22H14BrN/c23-19-13-12-16(14-6-2-1-3-7-14)20-18-11-10-15-8-4-5-9-17(15)21(18)24-22(19)20/h1-13,16H. The van der Waals surface area contributed by atoms with E-state index in [1.807, 2.05) is 0 Å². The van der Waals surface area contributed by atoms with E-state index < -0.39 is 0 Å². The molecule has 0 aromatic heterocycles. The van der Waals surface area contributed by atoms with Gasteiger partial charge in [0, 0.05) is 21.0 Å². The fraction of sp³-hybridized carbons (Fsp3) is 0.0455. The van der Waals surface area contributed by atoms with Gasteiger partial charge in [-0.3, -0.25) is 0 Å². The van der Waals surface area contributed by atoms with Crippen LogP contribution in [0.25, 0.3) is 16.3 Å². The molecule has 0 radical (unpaired) electrons. The summed E-state index contributed by atoms with van der Waals surface area (Å²) in [6.45, 7) is 0. The highest BCUT2D eigenvalue weighted by Crippen LogP contribution is 2.40. The van der Waals surface area contributed by atoms with Crippen LogP contribution >= 0.6 is 15.9 Å².